The predicted molar refractivity (Wildman–Crippen MR) is 62.0 cm³/mol. The van der Waals surface area contributed by atoms with Crippen molar-refractivity contribution >= 4 is 27.5 Å². The number of carbonyl (C=O) groups is 1. The predicted octanol–water partition coefficient (Wildman–Crippen LogP) is 2.54. The largest absolute Gasteiger partial charge is 0.478 e. The van der Waals surface area contributed by atoms with Gasteiger partial charge in [-0.05, 0) is 26.0 Å². The number of benzene rings is 1. The maximum Gasteiger partial charge on any atom is 0.347 e. The van der Waals surface area contributed by atoms with Crippen molar-refractivity contribution in [3.05, 3.63) is 23.7 Å². The van der Waals surface area contributed by atoms with E-state index in [0.29, 0.717) is 11.3 Å². The Labute approximate surface area is 96.5 Å². The zero-order valence-corrected chi connectivity index (χ0v) is 9.75. The second-order valence-corrected chi connectivity index (χ2v) is 4.76. The number of aromatic nitrogens is 1. The molecular formula is C11H11NO3S. The average molecular weight is 237 g/mol. The first-order valence-corrected chi connectivity index (χ1v) is 5.63. The number of fused-ring (bicyclic) bond motifs is 1. The molecule has 84 valence electrons. The monoisotopic (exact) mass is 237 g/mol. The van der Waals surface area contributed by atoms with Gasteiger partial charge in [0, 0.05) is 0 Å². The van der Waals surface area contributed by atoms with Gasteiger partial charge in [-0.15, -0.1) is 11.3 Å². The number of thiazole rings is 1. The minimum atomic E-state index is -1.25. The van der Waals surface area contributed by atoms with Crippen molar-refractivity contribution in [2.24, 2.45) is 0 Å². The normalized spacial score (nSPS) is 11.6. The zero-order chi connectivity index (χ0) is 11.8. The van der Waals surface area contributed by atoms with Crippen LogP contribution >= 0.6 is 11.3 Å². The zero-order valence-electron chi connectivity index (χ0n) is 8.93. The lowest BCUT2D eigenvalue weighted by atomic mass is 10.1. The topological polar surface area (TPSA) is 59.4 Å². The van der Waals surface area contributed by atoms with Gasteiger partial charge in [0.15, 0.2) is 5.60 Å². The molecule has 1 aromatic carbocycles. The third-order valence-corrected chi connectivity index (χ3v) is 3.00. The number of hydrogen-bond acceptors (Lipinski definition) is 4. The van der Waals surface area contributed by atoms with Crippen LogP contribution in [0.3, 0.4) is 0 Å². The molecule has 0 fully saturated rings. The molecule has 2 rings (SSSR count). The van der Waals surface area contributed by atoms with Crippen molar-refractivity contribution in [1.82, 2.24) is 4.98 Å². The Kier molecular flexibility index (Phi) is 2.55. The summed E-state index contributed by atoms with van der Waals surface area (Å²) in [4.78, 5) is 15.1. The van der Waals surface area contributed by atoms with Crippen molar-refractivity contribution in [2.75, 3.05) is 0 Å². The summed E-state index contributed by atoms with van der Waals surface area (Å²) in [6, 6.07) is 5.48. The summed E-state index contributed by atoms with van der Waals surface area (Å²) >= 11 is 1.50. The van der Waals surface area contributed by atoms with Crippen LogP contribution in [-0.4, -0.2) is 21.7 Å². The maximum absolute atomic E-state index is 11.0. The van der Waals surface area contributed by atoms with Gasteiger partial charge < -0.3 is 9.84 Å². The van der Waals surface area contributed by atoms with Crippen molar-refractivity contribution in [3.63, 3.8) is 0 Å². The number of ether oxygens (including phenoxy) is 1. The third-order valence-electron chi connectivity index (χ3n) is 2.20. The highest BCUT2D eigenvalue weighted by Crippen LogP contribution is 2.29. The molecule has 0 atom stereocenters. The van der Waals surface area contributed by atoms with E-state index in [-0.39, 0.29) is 0 Å². The van der Waals surface area contributed by atoms with Gasteiger partial charge in [0.25, 0.3) is 0 Å². The van der Waals surface area contributed by atoms with Crippen molar-refractivity contribution < 1.29 is 14.6 Å². The Morgan fingerprint density at radius 2 is 2.25 bits per heavy atom. The summed E-state index contributed by atoms with van der Waals surface area (Å²) in [5, 5.41) is 8.98. The summed E-state index contributed by atoms with van der Waals surface area (Å²) in [6.45, 7) is 3.03. The molecule has 0 aliphatic rings. The molecule has 0 saturated carbocycles. The lowest BCUT2D eigenvalue weighted by Crippen LogP contribution is -2.37. The molecule has 0 aliphatic heterocycles. The number of aliphatic carboxylic acids is 1. The first-order valence-electron chi connectivity index (χ1n) is 4.75. The lowest BCUT2D eigenvalue weighted by molar-refractivity contribution is -0.152. The van der Waals surface area contributed by atoms with Gasteiger partial charge in [0.1, 0.15) is 11.3 Å². The molecule has 1 heterocycles. The molecule has 0 radical (unpaired) electrons. The van der Waals surface area contributed by atoms with Crippen molar-refractivity contribution in [1.29, 1.82) is 0 Å². The van der Waals surface area contributed by atoms with Crippen LogP contribution in [0.4, 0.5) is 0 Å². The Bertz CT molecular complexity index is 533. The van der Waals surface area contributed by atoms with E-state index in [2.05, 4.69) is 4.98 Å². The average Bonchev–Trinajstić information content (AvgIpc) is 2.65. The number of carboxylic acids is 1. The van der Waals surface area contributed by atoms with Gasteiger partial charge in [-0.25, -0.2) is 9.78 Å². The van der Waals surface area contributed by atoms with Crippen molar-refractivity contribution in [3.8, 4) is 5.75 Å². The summed E-state index contributed by atoms with van der Waals surface area (Å²) < 4.78 is 6.46. The summed E-state index contributed by atoms with van der Waals surface area (Å²) in [7, 11) is 0. The van der Waals surface area contributed by atoms with Crippen LogP contribution in [0.2, 0.25) is 0 Å². The fourth-order valence-electron chi connectivity index (χ4n) is 1.26. The van der Waals surface area contributed by atoms with Crippen LogP contribution in [0.1, 0.15) is 13.8 Å². The van der Waals surface area contributed by atoms with Crippen LogP contribution in [0, 0.1) is 0 Å². The van der Waals surface area contributed by atoms with Crippen LogP contribution in [0.15, 0.2) is 23.7 Å². The Balaban J connectivity index is 2.41. The number of para-hydroxylation sites is 1. The third kappa shape index (κ3) is 1.86. The van der Waals surface area contributed by atoms with Gasteiger partial charge in [0.05, 0.1) is 10.2 Å². The van der Waals surface area contributed by atoms with Crippen LogP contribution in [0.25, 0.3) is 10.2 Å². The van der Waals surface area contributed by atoms with Crippen LogP contribution in [0.5, 0.6) is 5.75 Å². The van der Waals surface area contributed by atoms with Gasteiger partial charge in [0.2, 0.25) is 0 Å². The molecule has 16 heavy (non-hydrogen) atoms. The minimum Gasteiger partial charge on any atom is -0.478 e. The van der Waals surface area contributed by atoms with E-state index < -0.39 is 11.6 Å². The van der Waals surface area contributed by atoms with E-state index in [1.165, 1.54) is 25.2 Å². The second-order valence-electron chi connectivity index (χ2n) is 3.87. The quantitative estimate of drug-likeness (QED) is 0.891. The number of rotatable bonds is 3. The highest BCUT2D eigenvalue weighted by molar-refractivity contribution is 7.16. The molecular weight excluding hydrogens is 226 g/mol. The van der Waals surface area contributed by atoms with Crippen LogP contribution in [-0.2, 0) is 4.79 Å². The van der Waals surface area contributed by atoms with E-state index in [9.17, 15) is 4.79 Å². The Morgan fingerprint density at radius 3 is 2.94 bits per heavy atom. The molecule has 0 unspecified atom stereocenters. The first kappa shape index (κ1) is 10.9. The molecule has 2 aromatic rings. The molecule has 5 heteroatoms. The second kappa shape index (κ2) is 3.75. The Hall–Kier alpha value is -1.62. The summed E-state index contributed by atoms with van der Waals surface area (Å²) in [5.74, 6) is -0.495. The fraction of sp³-hybridized carbons (Fsp3) is 0.273. The molecule has 1 aromatic heterocycles. The standard InChI is InChI=1S/C11H11NO3S/c1-11(2,10(13)14)15-7-4-3-5-8-9(7)12-6-16-8/h3-6H,1-2H3,(H,13,14). The smallest absolute Gasteiger partial charge is 0.347 e. The Morgan fingerprint density at radius 1 is 1.50 bits per heavy atom. The van der Waals surface area contributed by atoms with Crippen molar-refractivity contribution in [2.45, 2.75) is 19.4 Å². The minimum absolute atomic E-state index is 0.506. The molecule has 0 bridgehead atoms. The highest BCUT2D eigenvalue weighted by atomic mass is 32.1. The molecule has 0 amide bonds. The van der Waals surface area contributed by atoms with Gasteiger partial charge in [-0.2, -0.15) is 0 Å². The molecule has 0 aliphatic carbocycles. The molecule has 0 spiro atoms. The lowest BCUT2D eigenvalue weighted by Gasteiger charge is -2.21. The van der Waals surface area contributed by atoms with Gasteiger partial charge in [-0.1, -0.05) is 6.07 Å². The van der Waals surface area contributed by atoms with Gasteiger partial charge >= 0.3 is 5.97 Å². The van der Waals surface area contributed by atoms with Crippen LogP contribution < -0.4 is 4.74 Å². The SMILES string of the molecule is CC(C)(Oc1cccc2scnc12)C(=O)O. The van der Waals surface area contributed by atoms with E-state index in [4.69, 9.17) is 9.84 Å². The van der Waals surface area contributed by atoms with E-state index in [1.807, 2.05) is 12.1 Å². The maximum atomic E-state index is 11.0. The fourth-order valence-corrected chi connectivity index (χ4v) is 1.96. The van der Waals surface area contributed by atoms with E-state index in [0.717, 1.165) is 4.70 Å². The van der Waals surface area contributed by atoms with Gasteiger partial charge in [-0.3, -0.25) is 0 Å². The molecule has 0 saturated heterocycles. The summed E-state index contributed by atoms with van der Waals surface area (Å²) in [6.07, 6.45) is 0. The first-order chi connectivity index (χ1) is 7.50. The van der Waals surface area contributed by atoms with E-state index >= 15 is 0 Å². The molecule has 4 nitrogen and oxygen atoms in total. The number of hydrogen-bond donors (Lipinski definition) is 1. The highest BCUT2D eigenvalue weighted by Gasteiger charge is 2.30. The number of nitrogens with zero attached hydrogens (tertiary/aromatic N) is 1. The number of carboxylic acid groups (broad SMARTS) is 1. The summed E-state index contributed by atoms with van der Waals surface area (Å²) in [5.41, 5.74) is 1.17. The van der Waals surface area contributed by atoms with E-state index in [1.54, 1.807) is 11.6 Å². The molecule has 1 N–H and O–H groups in total.